The van der Waals surface area contributed by atoms with E-state index in [1.165, 1.54) is 43.5 Å². The highest BCUT2D eigenvalue weighted by molar-refractivity contribution is 7.93. The summed E-state index contributed by atoms with van der Waals surface area (Å²) in [7, 11) is -6.48. The second-order valence-corrected chi connectivity index (χ2v) is 12.6. The number of benzene rings is 4. The van der Waals surface area contributed by atoms with Gasteiger partial charge in [0.2, 0.25) is 5.91 Å². The van der Waals surface area contributed by atoms with Gasteiger partial charge in [0.05, 0.1) is 22.6 Å². The molecule has 0 unspecified atom stereocenters. The van der Waals surface area contributed by atoms with Gasteiger partial charge in [0, 0.05) is 16.4 Å². The molecule has 4 aromatic carbocycles. The molecule has 0 aliphatic rings. The average Bonchev–Trinajstić information content (AvgIpc) is 2.93. The van der Waals surface area contributed by atoms with Crippen molar-refractivity contribution in [3.63, 3.8) is 0 Å². The number of sulfonamides is 2. The van der Waals surface area contributed by atoms with Gasteiger partial charge in [0.15, 0.2) is 0 Å². The van der Waals surface area contributed by atoms with Gasteiger partial charge in [-0.05, 0) is 91.3 Å². The summed E-state index contributed by atoms with van der Waals surface area (Å²) in [5.41, 5.74) is 1.52. The van der Waals surface area contributed by atoms with Gasteiger partial charge in [-0.3, -0.25) is 13.8 Å². The number of anilines is 3. The van der Waals surface area contributed by atoms with Gasteiger partial charge < -0.3 is 10.1 Å². The molecule has 2 N–H and O–H groups in total. The standard InChI is InChI=1S/C28H26ClN3O6S2/c1-20-18-21(29)8-17-27(20)32(40(36,37)26-6-4-3-5-7-26)19-28(33)30-22-11-15-25(16-12-22)39(34,35)31-23-9-13-24(38-2)14-10-23/h3-18,31H,19H2,1-2H3,(H,30,33). The molecule has 40 heavy (non-hydrogen) atoms. The van der Waals surface area contributed by atoms with Crippen molar-refractivity contribution in [3.8, 4) is 5.75 Å². The minimum atomic E-state index is -4.10. The average molecular weight is 600 g/mol. The van der Waals surface area contributed by atoms with Crippen LogP contribution in [0.3, 0.4) is 0 Å². The Morgan fingerprint density at radius 3 is 2.05 bits per heavy atom. The van der Waals surface area contributed by atoms with Crippen molar-refractivity contribution in [2.24, 2.45) is 0 Å². The van der Waals surface area contributed by atoms with Crippen LogP contribution >= 0.6 is 11.6 Å². The van der Waals surface area contributed by atoms with E-state index in [-0.39, 0.29) is 9.79 Å². The lowest BCUT2D eigenvalue weighted by molar-refractivity contribution is -0.114. The molecule has 0 aliphatic heterocycles. The van der Waals surface area contributed by atoms with E-state index in [9.17, 15) is 21.6 Å². The van der Waals surface area contributed by atoms with Crippen molar-refractivity contribution in [2.75, 3.05) is 28.0 Å². The summed E-state index contributed by atoms with van der Waals surface area (Å²) in [5.74, 6) is -0.0368. The van der Waals surface area contributed by atoms with Crippen molar-refractivity contribution < 1.29 is 26.4 Å². The van der Waals surface area contributed by atoms with Crippen molar-refractivity contribution in [3.05, 3.63) is 108 Å². The Bertz CT molecular complexity index is 1710. The van der Waals surface area contributed by atoms with Gasteiger partial charge in [-0.15, -0.1) is 0 Å². The number of halogens is 1. The monoisotopic (exact) mass is 599 g/mol. The highest BCUT2D eigenvalue weighted by Crippen LogP contribution is 2.29. The summed E-state index contributed by atoms with van der Waals surface area (Å²) in [6, 6.07) is 24.4. The number of carbonyl (C=O) groups excluding carboxylic acids is 1. The van der Waals surface area contributed by atoms with Crippen molar-refractivity contribution in [2.45, 2.75) is 16.7 Å². The molecule has 4 aromatic rings. The Morgan fingerprint density at radius 1 is 0.825 bits per heavy atom. The van der Waals surface area contributed by atoms with Crippen LogP contribution in [0.4, 0.5) is 17.1 Å². The molecule has 0 aliphatic carbocycles. The van der Waals surface area contributed by atoms with Gasteiger partial charge in [0.25, 0.3) is 20.0 Å². The molecule has 0 bridgehead atoms. The van der Waals surface area contributed by atoms with E-state index < -0.39 is 32.5 Å². The number of nitrogens with one attached hydrogen (secondary N) is 2. The normalized spacial score (nSPS) is 11.5. The number of nitrogens with zero attached hydrogens (tertiary/aromatic N) is 1. The van der Waals surface area contributed by atoms with Crippen molar-refractivity contribution in [1.29, 1.82) is 0 Å². The zero-order chi connectivity index (χ0) is 28.9. The second-order valence-electron chi connectivity index (χ2n) is 8.66. The first-order chi connectivity index (χ1) is 19.0. The quantitative estimate of drug-likeness (QED) is 0.255. The lowest BCUT2D eigenvalue weighted by atomic mass is 10.2. The van der Waals surface area contributed by atoms with Crippen LogP contribution in [0.25, 0.3) is 0 Å². The van der Waals surface area contributed by atoms with Crippen LogP contribution in [0.15, 0.2) is 107 Å². The number of carbonyl (C=O) groups is 1. The maximum atomic E-state index is 13.5. The number of amides is 1. The molecule has 208 valence electrons. The van der Waals surface area contributed by atoms with Crippen molar-refractivity contribution in [1.82, 2.24) is 0 Å². The summed E-state index contributed by atoms with van der Waals surface area (Å²) >= 11 is 6.07. The van der Waals surface area contributed by atoms with Crippen LogP contribution in [0, 0.1) is 6.92 Å². The van der Waals surface area contributed by atoms with Gasteiger partial charge in [-0.2, -0.15) is 0 Å². The highest BCUT2D eigenvalue weighted by atomic mass is 35.5. The van der Waals surface area contributed by atoms with Crippen LogP contribution in [-0.4, -0.2) is 36.4 Å². The minimum absolute atomic E-state index is 0.0219. The summed E-state index contributed by atoms with van der Waals surface area (Å²) in [5, 5.41) is 3.07. The molecule has 9 nitrogen and oxygen atoms in total. The molecule has 0 aromatic heterocycles. The summed E-state index contributed by atoms with van der Waals surface area (Å²) in [6.07, 6.45) is 0. The topological polar surface area (TPSA) is 122 Å². The number of methoxy groups -OCH3 is 1. The first-order valence-corrected chi connectivity index (χ1v) is 15.2. The molecule has 0 heterocycles. The van der Waals surface area contributed by atoms with Crippen LogP contribution in [0.2, 0.25) is 5.02 Å². The van der Waals surface area contributed by atoms with Crippen LogP contribution in [0.5, 0.6) is 5.75 Å². The zero-order valence-corrected chi connectivity index (χ0v) is 23.9. The third kappa shape index (κ3) is 6.74. The third-order valence-electron chi connectivity index (χ3n) is 5.84. The molecule has 12 heteroatoms. The maximum absolute atomic E-state index is 13.5. The van der Waals surface area contributed by atoms with Crippen LogP contribution in [0.1, 0.15) is 5.56 Å². The van der Waals surface area contributed by atoms with E-state index >= 15 is 0 Å². The molecule has 1 amide bonds. The fourth-order valence-electron chi connectivity index (χ4n) is 3.84. The van der Waals surface area contributed by atoms with Crippen LogP contribution in [-0.2, 0) is 24.8 Å². The fourth-order valence-corrected chi connectivity index (χ4v) is 6.63. The SMILES string of the molecule is COc1ccc(NS(=O)(=O)c2ccc(NC(=O)CN(c3ccc(Cl)cc3C)S(=O)(=O)c3ccccc3)cc2)cc1. The molecule has 0 saturated heterocycles. The van der Waals surface area contributed by atoms with E-state index in [4.69, 9.17) is 16.3 Å². The van der Waals surface area contributed by atoms with E-state index in [0.717, 1.165) is 4.31 Å². The predicted octanol–water partition coefficient (Wildman–Crippen LogP) is 5.29. The molecule has 0 atom stereocenters. The first kappa shape index (κ1) is 28.9. The maximum Gasteiger partial charge on any atom is 0.264 e. The van der Waals surface area contributed by atoms with Gasteiger partial charge >= 0.3 is 0 Å². The lowest BCUT2D eigenvalue weighted by Crippen LogP contribution is -2.38. The minimum Gasteiger partial charge on any atom is -0.497 e. The van der Waals surface area contributed by atoms with Gasteiger partial charge in [0.1, 0.15) is 12.3 Å². The third-order valence-corrected chi connectivity index (χ3v) is 9.24. The molecule has 0 saturated carbocycles. The van der Waals surface area contributed by atoms with E-state index in [1.54, 1.807) is 67.6 Å². The van der Waals surface area contributed by atoms with Gasteiger partial charge in [-0.25, -0.2) is 16.8 Å². The Labute approximate surface area is 238 Å². The number of hydrogen-bond donors (Lipinski definition) is 2. The largest absolute Gasteiger partial charge is 0.497 e. The Balaban J connectivity index is 1.53. The molecular formula is C28H26ClN3O6S2. The first-order valence-electron chi connectivity index (χ1n) is 11.9. The summed E-state index contributed by atoms with van der Waals surface area (Å²) < 4.78 is 61.2. The summed E-state index contributed by atoms with van der Waals surface area (Å²) in [6.45, 7) is 1.17. The smallest absolute Gasteiger partial charge is 0.264 e. The Morgan fingerprint density at radius 2 is 1.45 bits per heavy atom. The van der Waals surface area contributed by atoms with Crippen molar-refractivity contribution >= 4 is 54.6 Å². The number of hydrogen-bond acceptors (Lipinski definition) is 6. The molecule has 4 rings (SSSR count). The van der Waals surface area contributed by atoms with Crippen LogP contribution < -0.4 is 19.1 Å². The number of rotatable bonds is 10. The fraction of sp³-hybridized carbons (Fsp3) is 0.107. The molecular weight excluding hydrogens is 574 g/mol. The van der Waals surface area contributed by atoms with E-state index in [0.29, 0.717) is 33.4 Å². The molecule has 0 spiro atoms. The predicted molar refractivity (Wildman–Crippen MR) is 156 cm³/mol. The van der Waals surface area contributed by atoms with E-state index in [1.807, 2.05) is 0 Å². The lowest BCUT2D eigenvalue weighted by Gasteiger charge is -2.25. The van der Waals surface area contributed by atoms with Gasteiger partial charge in [-0.1, -0.05) is 29.8 Å². The molecule has 0 radical (unpaired) electrons. The second kappa shape index (κ2) is 12.0. The Hall–Kier alpha value is -4.06. The number of aryl methyl sites for hydroxylation is 1. The molecule has 0 fully saturated rings. The van der Waals surface area contributed by atoms with E-state index in [2.05, 4.69) is 10.0 Å². The summed E-state index contributed by atoms with van der Waals surface area (Å²) in [4.78, 5) is 13.0. The zero-order valence-electron chi connectivity index (χ0n) is 21.5. The Kier molecular flexibility index (Phi) is 8.67. The number of ether oxygens (including phenoxy) is 1. The highest BCUT2D eigenvalue weighted by Gasteiger charge is 2.28.